The monoisotopic (exact) mass is 474 g/mol. The molecule has 1 saturated heterocycles. The Bertz CT molecular complexity index is 1330. The van der Waals surface area contributed by atoms with Crippen molar-refractivity contribution in [2.24, 2.45) is 0 Å². The Labute approximate surface area is 202 Å². The number of aromatic nitrogens is 4. The molecule has 4 heterocycles. The maximum atomic E-state index is 14.0. The number of nitrogens with zero attached hydrogens (tertiary/aromatic N) is 5. The Hall–Kier alpha value is -3.43. The third kappa shape index (κ3) is 4.12. The molecule has 0 unspecified atom stereocenters. The van der Waals surface area contributed by atoms with Crippen molar-refractivity contribution >= 4 is 33.8 Å². The molecule has 1 aliphatic rings. The highest BCUT2D eigenvalue weighted by molar-refractivity contribution is 7.14. The van der Waals surface area contributed by atoms with Crippen LogP contribution in [0.2, 0.25) is 0 Å². The van der Waals surface area contributed by atoms with Gasteiger partial charge in [-0.15, -0.1) is 10.2 Å². The van der Waals surface area contributed by atoms with Gasteiger partial charge in [0.05, 0.1) is 18.7 Å². The van der Waals surface area contributed by atoms with Gasteiger partial charge in [0.25, 0.3) is 5.91 Å². The summed E-state index contributed by atoms with van der Waals surface area (Å²) in [4.78, 5) is 25.0. The third-order valence-corrected chi connectivity index (χ3v) is 7.00. The van der Waals surface area contributed by atoms with E-state index < -0.39 is 0 Å². The van der Waals surface area contributed by atoms with Crippen LogP contribution >= 0.6 is 11.3 Å². The minimum atomic E-state index is -0.122. The van der Waals surface area contributed by atoms with Gasteiger partial charge >= 0.3 is 0 Å². The van der Waals surface area contributed by atoms with Crippen LogP contribution in [0.5, 0.6) is 5.75 Å². The second-order valence-corrected chi connectivity index (χ2v) is 9.56. The topological polar surface area (TPSA) is 93.1 Å². The van der Waals surface area contributed by atoms with Gasteiger partial charge in [-0.1, -0.05) is 17.4 Å². The van der Waals surface area contributed by atoms with Crippen LogP contribution in [-0.2, 0) is 0 Å². The highest BCUT2D eigenvalue weighted by Crippen LogP contribution is 2.36. The first-order valence-corrected chi connectivity index (χ1v) is 12.1. The summed E-state index contributed by atoms with van der Waals surface area (Å²) in [5.41, 5.74) is 2.26. The number of amides is 1. The molecule has 1 fully saturated rings. The van der Waals surface area contributed by atoms with E-state index in [2.05, 4.69) is 20.5 Å². The summed E-state index contributed by atoms with van der Waals surface area (Å²) in [7, 11) is 1.66. The van der Waals surface area contributed by atoms with Gasteiger partial charge in [0.15, 0.2) is 5.01 Å². The number of pyridine rings is 2. The molecule has 34 heavy (non-hydrogen) atoms. The van der Waals surface area contributed by atoms with Crippen molar-refractivity contribution in [1.29, 1.82) is 0 Å². The van der Waals surface area contributed by atoms with E-state index in [1.807, 2.05) is 49.1 Å². The number of aryl methyl sites for hydroxylation is 2. The van der Waals surface area contributed by atoms with Crippen LogP contribution in [0.3, 0.4) is 0 Å². The van der Waals surface area contributed by atoms with Gasteiger partial charge in [-0.3, -0.25) is 14.7 Å². The zero-order chi connectivity index (χ0) is 23.7. The van der Waals surface area contributed by atoms with Gasteiger partial charge in [0, 0.05) is 29.7 Å². The highest BCUT2D eigenvalue weighted by Gasteiger charge is 2.31. The normalized spacial score (nSPS) is 15.9. The summed E-state index contributed by atoms with van der Waals surface area (Å²) in [6, 6.07) is 9.52. The van der Waals surface area contributed by atoms with E-state index in [1.54, 1.807) is 19.5 Å². The number of carbonyl (C=O) groups is 1. The van der Waals surface area contributed by atoms with Gasteiger partial charge in [-0.2, -0.15) is 0 Å². The number of anilines is 1. The molecule has 5 rings (SSSR count). The van der Waals surface area contributed by atoms with Crippen molar-refractivity contribution in [3.8, 4) is 16.5 Å². The zero-order valence-corrected chi connectivity index (χ0v) is 20.2. The second kappa shape index (κ2) is 9.44. The van der Waals surface area contributed by atoms with E-state index in [9.17, 15) is 4.79 Å². The Balaban J connectivity index is 1.59. The fraction of sp³-hybridized carbons (Fsp3) is 0.320. The predicted molar refractivity (Wildman–Crippen MR) is 134 cm³/mol. The van der Waals surface area contributed by atoms with Crippen molar-refractivity contribution in [3.63, 3.8) is 0 Å². The lowest BCUT2D eigenvalue weighted by atomic mass is 10.0. The number of hydrogen-bond donors (Lipinski definition) is 1. The van der Waals surface area contributed by atoms with Crippen molar-refractivity contribution in [1.82, 2.24) is 25.5 Å². The predicted octanol–water partition coefficient (Wildman–Crippen LogP) is 4.17. The lowest BCUT2D eigenvalue weighted by Gasteiger charge is -2.35. The SMILES string of the molecule is COc1ccc(C)c2c(N(C(=O)c3ccc(-c4nnc(C)s4)nc3)[C@@H]3CCCNC3)nccc12. The Morgan fingerprint density at radius 1 is 1.15 bits per heavy atom. The van der Waals surface area contributed by atoms with Gasteiger partial charge in [-0.05, 0) is 63.1 Å². The van der Waals surface area contributed by atoms with Crippen molar-refractivity contribution in [2.45, 2.75) is 32.7 Å². The van der Waals surface area contributed by atoms with Gasteiger partial charge < -0.3 is 10.1 Å². The van der Waals surface area contributed by atoms with E-state index in [0.29, 0.717) is 23.6 Å². The first-order valence-electron chi connectivity index (χ1n) is 11.3. The lowest BCUT2D eigenvalue weighted by molar-refractivity contribution is 0.0971. The van der Waals surface area contributed by atoms with Crippen LogP contribution in [0.25, 0.3) is 21.5 Å². The van der Waals surface area contributed by atoms with Crippen molar-refractivity contribution in [3.05, 3.63) is 58.9 Å². The molecule has 0 radical (unpaired) electrons. The molecular weight excluding hydrogens is 448 g/mol. The Morgan fingerprint density at radius 3 is 2.71 bits per heavy atom. The average molecular weight is 475 g/mol. The van der Waals surface area contributed by atoms with E-state index in [4.69, 9.17) is 9.72 Å². The maximum Gasteiger partial charge on any atom is 0.261 e. The third-order valence-electron chi connectivity index (χ3n) is 6.13. The fourth-order valence-electron chi connectivity index (χ4n) is 4.45. The molecule has 9 heteroatoms. The smallest absolute Gasteiger partial charge is 0.261 e. The molecule has 0 bridgehead atoms. The minimum absolute atomic E-state index is 0.0181. The van der Waals surface area contributed by atoms with Crippen LogP contribution in [0.15, 0.2) is 42.7 Å². The molecule has 0 saturated carbocycles. The number of rotatable bonds is 5. The lowest BCUT2D eigenvalue weighted by Crippen LogP contribution is -2.49. The summed E-state index contributed by atoms with van der Waals surface area (Å²) in [6.45, 7) is 5.60. The molecule has 174 valence electrons. The molecule has 1 amide bonds. The maximum absolute atomic E-state index is 14.0. The summed E-state index contributed by atoms with van der Waals surface area (Å²) in [5.74, 6) is 1.29. The molecule has 1 aliphatic heterocycles. The quantitative estimate of drug-likeness (QED) is 0.464. The highest BCUT2D eigenvalue weighted by atomic mass is 32.1. The van der Waals surface area contributed by atoms with E-state index >= 15 is 0 Å². The van der Waals surface area contributed by atoms with Crippen LogP contribution in [0, 0.1) is 13.8 Å². The molecular formula is C25H26N6O2S. The molecule has 8 nitrogen and oxygen atoms in total. The number of piperidine rings is 1. The molecule has 3 aromatic heterocycles. The molecule has 0 aliphatic carbocycles. The summed E-state index contributed by atoms with van der Waals surface area (Å²) >= 11 is 1.48. The summed E-state index contributed by atoms with van der Waals surface area (Å²) in [5, 5.41) is 15.1. The van der Waals surface area contributed by atoms with E-state index in [0.717, 1.165) is 51.5 Å². The number of methoxy groups -OCH3 is 1. The first-order chi connectivity index (χ1) is 16.6. The summed E-state index contributed by atoms with van der Waals surface area (Å²) in [6.07, 6.45) is 5.26. The standard InChI is InChI=1S/C25H26N6O2S/c1-15-6-9-21(33-3)19-10-12-27-23(22(15)19)31(18-5-4-11-26-14-18)25(32)17-7-8-20(28-13-17)24-30-29-16(2)34-24/h6-10,12-13,18,26H,4-5,11,14H2,1-3H3/t18-/m1/s1. The number of hydrogen-bond acceptors (Lipinski definition) is 8. The number of nitrogens with one attached hydrogen (secondary N) is 1. The van der Waals surface area contributed by atoms with Crippen LogP contribution in [0.1, 0.15) is 33.8 Å². The minimum Gasteiger partial charge on any atom is -0.496 e. The second-order valence-electron chi connectivity index (χ2n) is 8.38. The molecule has 1 atom stereocenters. The van der Waals surface area contributed by atoms with Crippen LogP contribution in [0.4, 0.5) is 5.82 Å². The number of ether oxygens (including phenoxy) is 1. The van der Waals surface area contributed by atoms with Crippen LogP contribution < -0.4 is 15.0 Å². The van der Waals surface area contributed by atoms with Gasteiger partial charge in [0.1, 0.15) is 22.3 Å². The van der Waals surface area contributed by atoms with Gasteiger partial charge in [-0.25, -0.2) is 4.98 Å². The van der Waals surface area contributed by atoms with Crippen molar-refractivity contribution in [2.75, 3.05) is 25.1 Å². The molecule has 0 spiro atoms. The Morgan fingerprint density at radius 2 is 2.03 bits per heavy atom. The van der Waals surface area contributed by atoms with Crippen LogP contribution in [-0.4, -0.2) is 52.3 Å². The average Bonchev–Trinajstić information content (AvgIpc) is 3.31. The Kier molecular flexibility index (Phi) is 6.21. The fourth-order valence-corrected chi connectivity index (χ4v) is 5.12. The van der Waals surface area contributed by atoms with E-state index in [1.165, 1.54) is 11.3 Å². The molecule has 4 aromatic rings. The largest absolute Gasteiger partial charge is 0.496 e. The van der Waals surface area contributed by atoms with Gasteiger partial charge in [0.2, 0.25) is 0 Å². The number of carbonyl (C=O) groups excluding carboxylic acids is 1. The first kappa shape index (κ1) is 22.4. The molecule has 1 N–H and O–H groups in total. The molecule has 1 aromatic carbocycles. The number of fused-ring (bicyclic) bond motifs is 1. The summed E-state index contributed by atoms with van der Waals surface area (Å²) < 4.78 is 5.60. The van der Waals surface area contributed by atoms with Crippen molar-refractivity contribution < 1.29 is 9.53 Å². The number of benzene rings is 1. The van der Waals surface area contributed by atoms with E-state index in [-0.39, 0.29) is 11.9 Å². The zero-order valence-electron chi connectivity index (χ0n) is 19.4.